The van der Waals surface area contributed by atoms with Gasteiger partial charge in [0.05, 0.1) is 5.75 Å². The number of aryl methyl sites for hydroxylation is 2. The highest BCUT2D eigenvalue weighted by Gasteiger charge is 2.17. The van der Waals surface area contributed by atoms with E-state index < -0.39 is 21.5 Å². The van der Waals surface area contributed by atoms with Crippen LogP contribution in [0.4, 0.5) is 5.69 Å². The third-order valence-corrected chi connectivity index (χ3v) is 4.62. The molecule has 20 heavy (non-hydrogen) atoms. The second-order valence-corrected chi connectivity index (χ2v) is 7.09. The number of benzene rings is 1. The van der Waals surface area contributed by atoms with Crippen LogP contribution in [0.3, 0.4) is 0 Å². The Labute approximate surface area is 120 Å². The highest BCUT2D eigenvalue weighted by molar-refractivity contribution is 7.92. The summed E-state index contributed by atoms with van der Waals surface area (Å²) in [7, 11) is -3.37. The van der Waals surface area contributed by atoms with Crippen molar-refractivity contribution >= 4 is 21.4 Å². The normalized spacial score (nSPS) is 11.3. The van der Waals surface area contributed by atoms with Gasteiger partial charge in [-0.2, -0.15) is 0 Å². The van der Waals surface area contributed by atoms with Crippen molar-refractivity contribution in [2.24, 2.45) is 5.73 Å². The Morgan fingerprint density at radius 2 is 1.80 bits per heavy atom. The van der Waals surface area contributed by atoms with Gasteiger partial charge < -0.3 is 11.1 Å². The maximum atomic E-state index is 11.9. The molecule has 1 aromatic rings. The van der Waals surface area contributed by atoms with Gasteiger partial charge in [0, 0.05) is 5.69 Å². The number of nitrogens with one attached hydrogen (secondary N) is 1. The van der Waals surface area contributed by atoms with Crippen LogP contribution < -0.4 is 11.1 Å². The number of hydrogen-bond acceptors (Lipinski definition) is 4. The van der Waals surface area contributed by atoms with Crippen LogP contribution >= 0.6 is 0 Å². The lowest BCUT2D eigenvalue weighted by atomic mass is 10.1. The van der Waals surface area contributed by atoms with Gasteiger partial charge in [-0.15, -0.1) is 0 Å². The third-order valence-electron chi connectivity index (χ3n) is 3.01. The summed E-state index contributed by atoms with van der Waals surface area (Å²) in [6.07, 6.45) is 1.15. The molecule has 0 aromatic heterocycles. The fraction of sp³-hybridized carbons (Fsp3) is 0.500. The van der Waals surface area contributed by atoms with Gasteiger partial charge in [0.15, 0.2) is 9.84 Å². The predicted octanol–water partition coefficient (Wildman–Crippen LogP) is 1.40. The van der Waals surface area contributed by atoms with Crippen molar-refractivity contribution in [1.82, 2.24) is 0 Å². The number of amides is 1. The summed E-state index contributed by atoms with van der Waals surface area (Å²) in [5, 5.41) is 2.68. The van der Waals surface area contributed by atoms with Gasteiger partial charge in [0.25, 0.3) is 0 Å². The van der Waals surface area contributed by atoms with Crippen molar-refractivity contribution < 1.29 is 13.2 Å². The maximum absolute atomic E-state index is 11.9. The smallest absolute Gasteiger partial charge is 0.239 e. The number of nitrogens with two attached hydrogens (primary N) is 1. The van der Waals surface area contributed by atoms with E-state index in [2.05, 4.69) is 5.32 Å². The number of carbonyl (C=O) groups is 1. The molecule has 0 fully saturated rings. The van der Waals surface area contributed by atoms with Crippen molar-refractivity contribution in [2.45, 2.75) is 26.7 Å². The van der Waals surface area contributed by atoms with Crippen LogP contribution in [0.5, 0.6) is 0 Å². The van der Waals surface area contributed by atoms with Crippen molar-refractivity contribution in [3.8, 4) is 0 Å². The number of rotatable bonds is 7. The van der Waals surface area contributed by atoms with Crippen molar-refractivity contribution in [3.63, 3.8) is 0 Å². The van der Waals surface area contributed by atoms with E-state index in [1.807, 2.05) is 32.0 Å². The van der Waals surface area contributed by atoms with Gasteiger partial charge >= 0.3 is 0 Å². The maximum Gasteiger partial charge on any atom is 0.239 e. The summed E-state index contributed by atoms with van der Waals surface area (Å²) in [4.78, 5) is 11.9. The lowest BCUT2D eigenvalue weighted by molar-refractivity contribution is -0.113. The molecular formula is C14H22N2O3S. The second-order valence-electron chi connectivity index (χ2n) is 4.90. The van der Waals surface area contributed by atoms with Gasteiger partial charge in [0.1, 0.15) is 5.75 Å². The first-order valence-corrected chi connectivity index (χ1v) is 8.44. The molecule has 0 radical (unpaired) electrons. The standard InChI is InChI=1S/C14H22N2O3S/c1-11-6-5-7-12(2)14(11)16-13(17)10-20(18,19)9-4-3-8-15/h5-7H,3-4,8-10,15H2,1-2H3,(H,16,17). The van der Waals surface area contributed by atoms with Crippen LogP contribution in [0, 0.1) is 13.8 Å². The Balaban J connectivity index is 2.64. The Hall–Kier alpha value is -1.40. The van der Waals surface area contributed by atoms with E-state index in [0.29, 0.717) is 25.1 Å². The van der Waals surface area contributed by atoms with E-state index >= 15 is 0 Å². The first-order chi connectivity index (χ1) is 9.35. The Bertz CT molecular complexity index is 548. The zero-order chi connectivity index (χ0) is 15.2. The average molecular weight is 298 g/mol. The third kappa shape index (κ3) is 5.30. The summed E-state index contributed by atoms with van der Waals surface area (Å²) in [5.41, 5.74) is 7.84. The minimum absolute atomic E-state index is 0.00434. The van der Waals surface area contributed by atoms with Crippen LogP contribution in [0.25, 0.3) is 0 Å². The summed E-state index contributed by atoms with van der Waals surface area (Å²) in [6, 6.07) is 5.64. The largest absolute Gasteiger partial charge is 0.330 e. The average Bonchev–Trinajstić information content (AvgIpc) is 2.33. The molecule has 0 saturated heterocycles. The van der Waals surface area contributed by atoms with Crippen LogP contribution in [-0.2, 0) is 14.6 Å². The lowest BCUT2D eigenvalue weighted by Crippen LogP contribution is -2.25. The van der Waals surface area contributed by atoms with Crippen molar-refractivity contribution in [3.05, 3.63) is 29.3 Å². The summed E-state index contributed by atoms with van der Waals surface area (Å²) in [5.74, 6) is -0.967. The minimum atomic E-state index is -3.37. The predicted molar refractivity (Wildman–Crippen MR) is 81.5 cm³/mol. The molecule has 0 aliphatic carbocycles. The number of carbonyl (C=O) groups excluding carboxylic acids is 1. The molecule has 0 unspecified atom stereocenters. The van der Waals surface area contributed by atoms with E-state index in [1.165, 1.54) is 0 Å². The molecule has 0 aliphatic heterocycles. The minimum Gasteiger partial charge on any atom is -0.330 e. The van der Waals surface area contributed by atoms with E-state index in [0.717, 1.165) is 11.1 Å². The van der Waals surface area contributed by atoms with Gasteiger partial charge in [-0.1, -0.05) is 18.2 Å². The number of hydrogen-bond donors (Lipinski definition) is 2. The molecule has 3 N–H and O–H groups in total. The monoisotopic (exact) mass is 298 g/mol. The van der Waals surface area contributed by atoms with Crippen molar-refractivity contribution in [2.75, 3.05) is 23.4 Å². The molecule has 0 aliphatic rings. The molecule has 1 amide bonds. The van der Waals surface area contributed by atoms with E-state index in [-0.39, 0.29) is 5.75 Å². The topological polar surface area (TPSA) is 89.3 Å². The number of anilines is 1. The first kappa shape index (κ1) is 16.7. The number of para-hydroxylation sites is 1. The molecule has 0 bridgehead atoms. The second kappa shape index (κ2) is 7.40. The number of sulfone groups is 1. The molecule has 0 spiro atoms. The van der Waals surface area contributed by atoms with Gasteiger partial charge in [-0.25, -0.2) is 8.42 Å². The van der Waals surface area contributed by atoms with Crippen LogP contribution in [0.15, 0.2) is 18.2 Å². The van der Waals surface area contributed by atoms with Gasteiger partial charge in [-0.05, 0) is 44.4 Å². The fourth-order valence-corrected chi connectivity index (χ4v) is 3.19. The molecule has 0 saturated carbocycles. The highest BCUT2D eigenvalue weighted by atomic mass is 32.2. The fourth-order valence-electron chi connectivity index (χ4n) is 1.93. The van der Waals surface area contributed by atoms with Crippen molar-refractivity contribution in [1.29, 1.82) is 0 Å². The van der Waals surface area contributed by atoms with E-state index in [9.17, 15) is 13.2 Å². The summed E-state index contributed by atoms with van der Waals surface area (Å²) >= 11 is 0. The van der Waals surface area contributed by atoms with Crippen LogP contribution in [0.1, 0.15) is 24.0 Å². The molecule has 0 atom stereocenters. The zero-order valence-corrected chi connectivity index (χ0v) is 12.8. The molecule has 0 heterocycles. The van der Waals surface area contributed by atoms with Crippen LogP contribution in [-0.4, -0.2) is 32.4 Å². The molecule has 5 nitrogen and oxygen atoms in total. The molecule has 112 valence electrons. The molecule has 1 rings (SSSR count). The number of unbranched alkanes of at least 4 members (excludes halogenated alkanes) is 1. The Morgan fingerprint density at radius 1 is 1.20 bits per heavy atom. The lowest BCUT2D eigenvalue weighted by Gasteiger charge is -2.11. The molecule has 1 aromatic carbocycles. The Morgan fingerprint density at radius 3 is 2.35 bits per heavy atom. The SMILES string of the molecule is Cc1cccc(C)c1NC(=O)CS(=O)(=O)CCCCN. The Kier molecular flexibility index (Phi) is 6.16. The van der Waals surface area contributed by atoms with E-state index in [4.69, 9.17) is 5.73 Å². The van der Waals surface area contributed by atoms with Crippen LogP contribution in [0.2, 0.25) is 0 Å². The van der Waals surface area contributed by atoms with Gasteiger partial charge in [0.2, 0.25) is 5.91 Å². The first-order valence-electron chi connectivity index (χ1n) is 6.62. The quantitative estimate of drug-likeness (QED) is 0.745. The van der Waals surface area contributed by atoms with Gasteiger partial charge in [-0.3, -0.25) is 4.79 Å². The van der Waals surface area contributed by atoms with E-state index in [1.54, 1.807) is 0 Å². The zero-order valence-electron chi connectivity index (χ0n) is 12.0. The summed E-state index contributed by atoms with van der Waals surface area (Å²) < 4.78 is 23.5. The molecular weight excluding hydrogens is 276 g/mol. The molecule has 6 heteroatoms. The summed E-state index contributed by atoms with van der Waals surface area (Å²) in [6.45, 7) is 4.21. The highest BCUT2D eigenvalue weighted by Crippen LogP contribution is 2.19.